The molecule has 0 radical (unpaired) electrons. The van der Waals surface area contributed by atoms with Gasteiger partial charge in [0.1, 0.15) is 0 Å². The fourth-order valence-electron chi connectivity index (χ4n) is 2.71. The van der Waals surface area contributed by atoms with Crippen molar-refractivity contribution >= 4 is 34.7 Å². The number of amides is 4. The van der Waals surface area contributed by atoms with Crippen molar-refractivity contribution in [3.8, 4) is 0 Å². The van der Waals surface area contributed by atoms with Gasteiger partial charge >= 0.3 is 0 Å². The van der Waals surface area contributed by atoms with Crippen LogP contribution in [-0.4, -0.2) is 53.2 Å². The van der Waals surface area contributed by atoms with E-state index in [2.05, 4.69) is 10.6 Å². The maximum absolute atomic E-state index is 11.9. The number of imide groups is 1. The molecule has 1 heterocycles. The van der Waals surface area contributed by atoms with Gasteiger partial charge in [0.05, 0.1) is 5.75 Å². The number of thioether (sulfide) groups is 1. The summed E-state index contributed by atoms with van der Waals surface area (Å²) in [6, 6.07) is 0. The lowest BCUT2D eigenvalue weighted by atomic mass is 9.85. The molecule has 0 spiro atoms. The molecule has 1 aliphatic heterocycles. The number of hydrogen-bond acceptors (Lipinski definition) is 5. The summed E-state index contributed by atoms with van der Waals surface area (Å²) in [5.41, 5.74) is 0. The fraction of sp³-hybridized carbons (Fsp3) is 0.750. The van der Waals surface area contributed by atoms with Crippen LogP contribution in [0.5, 0.6) is 0 Å². The molecule has 1 unspecified atom stereocenters. The highest BCUT2D eigenvalue weighted by atomic mass is 32.2. The zero-order valence-corrected chi connectivity index (χ0v) is 14.8. The van der Waals surface area contributed by atoms with E-state index < -0.39 is 0 Å². The zero-order valence-electron chi connectivity index (χ0n) is 14.0. The smallest absolute Gasteiger partial charge is 0.288 e. The molecule has 2 rings (SSSR count). The second kappa shape index (κ2) is 9.05. The number of carbonyl (C=O) groups excluding carboxylic acids is 4. The number of rotatable bonds is 9. The molecule has 0 bridgehead atoms. The van der Waals surface area contributed by atoms with Crippen LogP contribution in [0.15, 0.2) is 0 Å². The molecule has 24 heavy (non-hydrogen) atoms. The van der Waals surface area contributed by atoms with Crippen LogP contribution < -0.4 is 10.6 Å². The van der Waals surface area contributed by atoms with E-state index in [1.807, 2.05) is 6.92 Å². The van der Waals surface area contributed by atoms with Gasteiger partial charge < -0.3 is 10.6 Å². The Morgan fingerprint density at radius 3 is 2.42 bits per heavy atom. The van der Waals surface area contributed by atoms with E-state index in [1.165, 1.54) is 19.3 Å². The van der Waals surface area contributed by atoms with Crippen molar-refractivity contribution in [3.63, 3.8) is 0 Å². The molecule has 1 saturated heterocycles. The lowest BCUT2D eigenvalue weighted by molar-refractivity contribution is -0.126. The van der Waals surface area contributed by atoms with Gasteiger partial charge in [0.15, 0.2) is 0 Å². The summed E-state index contributed by atoms with van der Waals surface area (Å²) in [6.45, 7) is 3.06. The van der Waals surface area contributed by atoms with Gasteiger partial charge in [0, 0.05) is 32.5 Å². The monoisotopic (exact) mass is 355 g/mol. The third-order valence-electron chi connectivity index (χ3n) is 4.38. The van der Waals surface area contributed by atoms with E-state index in [0.29, 0.717) is 12.3 Å². The Hall–Kier alpha value is -1.57. The molecular formula is C16H25N3O4S. The number of nitrogens with one attached hydrogen (secondary N) is 2. The van der Waals surface area contributed by atoms with Crippen LogP contribution in [0.1, 0.15) is 39.0 Å². The third-order valence-corrected chi connectivity index (χ3v) is 5.24. The van der Waals surface area contributed by atoms with Gasteiger partial charge in [0.2, 0.25) is 17.7 Å². The standard InChI is InChI=1S/C16H25N3O4S/c1-11(8-14(21)18-9-12-3-2-4-12)7-13(20)17-5-6-19-15(22)10-24-16(19)23/h11-12H,2-10H2,1H3,(H,17,20)(H,18,21). The molecule has 1 atom stereocenters. The van der Waals surface area contributed by atoms with Crippen LogP contribution in [0.3, 0.4) is 0 Å². The Labute approximate surface area is 146 Å². The fourth-order valence-corrected chi connectivity index (χ4v) is 3.46. The van der Waals surface area contributed by atoms with Gasteiger partial charge in [-0.3, -0.25) is 24.1 Å². The molecule has 7 nitrogen and oxygen atoms in total. The normalized spacial score (nSPS) is 19.1. The highest BCUT2D eigenvalue weighted by molar-refractivity contribution is 8.14. The molecule has 2 aliphatic rings. The zero-order chi connectivity index (χ0) is 17.5. The molecular weight excluding hydrogens is 330 g/mol. The highest BCUT2D eigenvalue weighted by Gasteiger charge is 2.29. The summed E-state index contributed by atoms with van der Waals surface area (Å²) < 4.78 is 0. The summed E-state index contributed by atoms with van der Waals surface area (Å²) in [4.78, 5) is 47.7. The minimum atomic E-state index is -0.259. The summed E-state index contributed by atoms with van der Waals surface area (Å²) in [5.74, 6) is 0.378. The molecule has 0 aromatic rings. The van der Waals surface area contributed by atoms with Gasteiger partial charge in [-0.05, 0) is 24.7 Å². The lowest BCUT2D eigenvalue weighted by Gasteiger charge is -2.25. The van der Waals surface area contributed by atoms with Gasteiger partial charge in [-0.2, -0.15) is 0 Å². The minimum Gasteiger partial charge on any atom is -0.356 e. The molecule has 1 aliphatic carbocycles. The van der Waals surface area contributed by atoms with Crippen LogP contribution in [0, 0.1) is 11.8 Å². The summed E-state index contributed by atoms with van der Waals surface area (Å²) in [5, 5.41) is 5.36. The van der Waals surface area contributed by atoms with Crippen molar-refractivity contribution in [2.24, 2.45) is 11.8 Å². The molecule has 8 heteroatoms. The lowest BCUT2D eigenvalue weighted by Crippen LogP contribution is -2.38. The van der Waals surface area contributed by atoms with Crippen LogP contribution in [0.4, 0.5) is 4.79 Å². The number of hydrogen-bond donors (Lipinski definition) is 2. The topological polar surface area (TPSA) is 95.6 Å². The first-order valence-corrected chi connectivity index (χ1v) is 9.44. The first kappa shape index (κ1) is 18.8. The molecule has 0 aromatic heterocycles. The average Bonchev–Trinajstić information content (AvgIpc) is 2.77. The van der Waals surface area contributed by atoms with Gasteiger partial charge in [-0.15, -0.1) is 0 Å². The second-order valence-electron chi connectivity index (χ2n) is 6.56. The van der Waals surface area contributed by atoms with Crippen molar-refractivity contribution in [2.75, 3.05) is 25.4 Å². The molecule has 4 amide bonds. The Bertz CT molecular complexity index is 492. The van der Waals surface area contributed by atoms with Gasteiger partial charge in [0.25, 0.3) is 5.24 Å². The summed E-state index contributed by atoms with van der Waals surface area (Å²) in [6.07, 6.45) is 4.23. The highest BCUT2D eigenvalue weighted by Crippen LogP contribution is 2.25. The van der Waals surface area contributed by atoms with E-state index in [1.54, 1.807) is 0 Å². The van der Waals surface area contributed by atoms with E-state index in [9.17, 15) is 19.2 Å². The first-order valence-electron chi connectivity index (χ1n) is 8.46. The van der Waals surface area contributed by atoms with Crippen molar-refractivity contribution < 1.29 is 19.2 Å². The quantitative estimate of drug-likeness (QED) is 0.646. The molecule has 1 saturated carbocycles. The Kier molecular flexibility index (Phi) is 7.08. The summed E-state index contributed by atoms with van der Waals surface area (Å²) in [7, 11) is 0. The maximum atomic E-state index is 11.9. The van der Waals surface area contributed by atoms with Crippen molar-refractivity contribution in [1.29, 1.82) is 0 Å². The van der Waals surface area contributed by atoms with Gasteiger partial charge in [-0.1, -0.05) is 25.1 Å². The Morgan fingerprint density at radius 1 is 1.21 bits per heavy atom. The van der Waals surface area contributed by atoms with Crippen molar-refractivity contribution in [2.45, 2.75) is 39.0 Å². The molecule has 2 N–H and O–H groups in total. The van der Waals surface area contributed by atoms with E-state index >= 15 is 0 Å². The molecule has 0 aromatic carbocycles. The maximum Gasteiger partial charge on any atom is 0.288 e. The largest absolute Gasteiger partial charge is 0.356 e. The number of carbonyl (C=O) groups is 4. The van der Waals surface area contributed by atoms with Crippen LogP contribution in [-0.2, 0) is 14.4 Å². The minimum absolute atomic E-state index is 0.00696. The molecule has 2 fully saturated rings. The summed E-state index contributed by atoms with van der Waals surface area (Å²) >= 11 is 0.982. The van der Waals surface area contributed by atoms with Crippen molar-refractivity contribution in [1.82, 2.24) is 15.5 Å². The molecule has 134 valence electrons. The Balaban J connectivity index is 1.56. The predicted molar refractivity (Wildman–Crippen MR) is 91.3 cm³/mol. The predicted octanol–water partition coefficient (Wildman–Crippen LogP) is 1.13. The van der Waals surface area contributed by atoms with E-state index in [0.717, 1.165) is 23.2 Å². The van der Waals surface area contributed by atoms with E-state index in [-0.39, 0.29) is 54.1 Å². The van der Waals surface area contributed by atoms with Crippen LogP contribution >= 0.6 is 11.8 Å². The second-order valence-corrected chi connectivity index (χ2v) is 7.49. The van der Waals surface area contributed by atoms with Gasteiger partial charge in [-0.25, -0.2) is 0 Å². The van der Waals surface area contributed by atoms with Crippen LogP contribution in [0.25, 0.3) is 0 Å². The van der Waals surface area contributed by atoms with Crippen LogP contribution in [0.2, 0.25) is 0 Å². The Morgan fingerprint density at radius 2 is 1.88 bits per heavy atom. The van der Waals surface area contributed by atoms with E-state index in [4.69, 9.17) is 0 Å². The van der Waals surface area contributed by atoms with Crippen molar-refractivity contribution in [3.05, 3.63) is 0 Å². The number of nitrogens with zero attached hydrogens (tertiary/aromatic N) is 1. The first-order chi connectivity index (χ1) is 11.5. The SMILES string of the molecule is CC(CC(=O)NCCN1C(=O)CSC1=O)CC(=O)NCC1CCC1. The third kappa shape index (κ3) is 5.81. The average molecular weight is 355 g/mol.